The van der Waals surface area contributed by atoms with Crippen molar-refractivity contribution in [3.05, 3.63) is 105 Å². The number of non-ortho nitro benzene ring substituents is 1. The molecule has 3 aromatic rings. The normalized spacial score (nSPS) is 10.8. The fourth-order valence-electron chi connectivity index (χ4n) is 2.69. The van der Waals surface area contributed by atoms with Crippen molar-refractivity contribution in [3.8, 4) is 5.75 Å². The number of hydrazone groups is 1. The van der Waals surface area contributed by atoms with Crippen molar-refractivity contribution in [2.24, 2.45) is 5.10 Å². The Hall–Kier alpha value is -3.65. The Morgan fingerprint density at radius 3 is 2.34 bits per heavy atom. The molecule has 8 heteroatoms. The van der Waals surface area contributed by atoms with E-state index in [2.05, 4.69) is 22.7 Å². The van der Waals surface area contributed by atoms with Crippen LogP contribution in [-0.2, 0) is 17.2 Å². The third-order valence-electron chi connectivity index (χ3n) is 4.46. The van der Waals surface area contributed by atoms with Crippen LogP contribution in [0.5, 0.6) is 5.75 Å². The van der Waals surface area contributed by atoms with Crippen LogP contribution in [0.2, 0.25) is 0 Å². The first kappa shape index (κ1) is 23.0. The van der Waals surface area contributed by atoms with Gasteiger partial charge in [-0.25, -0.2) is 5.43 Å². The Labute approximate surface area is 190 Å². The molecule has 0 aromatic heterocycles. The fraction of sp³-hybridized carbons (Fsp3) is 0.167. The average molecular weight is 450 g/mol. The number of hydrogen-bond donors (Lipinski definition) is 1. The van der Waals surface area contributed by atoms with Crippen molar-refractivity contribution in [2.45, 2.75) is 19.3 Å². The molecule has 1 amide bonds. The SMILES string of the molecule is Cc1ccc(COc2ccc(C=NNC(=O)CSCc3ccc([N+](=O)[O-])cc3)cc2)cc1. The highest BCUT2D eigenvalue weighted by atomic mass is 32.2. The average Bonchev–Trinajstić information content (AvgIpc) is 2.80. The topological polar surface area (TPSA) is 93.8 Å². The van der Waals surface area contributed by atoms with E-state index < -0.39 is 4.92 Å². The zero-order valence-corrected chi connectivity index (χ0v) is 18.4. The molecule has 0 heterocycles. The van der Waals surface area contributed by atoms with Crippen molar-refractivity contribution < 1.29 is 14.5 Å². The van der Waals surface area contributed by atoms with Crippen molar-refractivity contribution in [1.29, 1.82) is 0 Å². The number of ether oxygens (including phenoxy) is 1. The summed E-state index contributed by atoms with van der Waals surface area (Å²) in [5, 5.41) is 14.6. The monoisotopic (exact) mass is 449 g/mol. The van der Waals surface area contributed by atoms with Crippen LogP contribution in [-0.4, -0.2) is 22.8 Å². The van der Waals surface area contributed by atoms with Crippen LogP contribution in [0.3, 0.4) is 0 Å². The lowest BCUT2D eigenvalue weighted by molar-refractivity contribution is -0.384. The quantitative estimate of drug-likeness (QED) is 0.271. The maximum Gasteiger partial charge on any atom is 0.269 e. The van der Waals surface area contributed by atoms with Gasteiger partial charge >= 0.3 is 0 Å². The van der Waals surface area contributed by atoms with Crippen molar-refractivity contribution >= 4 is 29.6 Å². The minimum absolute atomic E-state index is 0.0525. The summed E-state index contributed by atoms with van der Waals surface area (Å²) in [7, 11) is 0. The second-order valence-corrected chi connectivity index (χ2v) is 8.04. The number of thioether (sulfide) groups is 1. The van der Waals surface area contributed by atoms with Crippen molar-refractivity contribution in [1.82, 2.24) is 5.43 Å². The predicted octanol–water partition coefficient (Wildman–Crippen LogP) is 4.87. The molecule has 0 aliphatic rings. The zero-order valence-electron chi connectivity index (χ0n) is 17.6. The van der Waals surface area contributed by atoms with E-state index in [4.69, 9.17) is 4.74 Å². The van der Waals surface area contributed by atoms with E-state index in [9.17, 15) is 14.9 Å². The Bertz CT molecular complexity index is 1070. The number of nitro groups is 1. The molecule has 0 saturated carbocycles. The van der Waals surface area contributed by atoms with Gasteiger partial charge in [0.1, 0.15) is 12.4 Å². The number of aryl methyl sites for hydroxylation is 1. The number of nitrogens with zero attached hydrogens (tertiary/aromatic N) is 2. The van der Waals surface area contributed by atoms with Gasteiger partial charge in [-0.3, -0.25) is 14.9 Å². The Kier molecular flexibility index (Phi) is 8.39. The Morgan fingerprint density at radius 1 is 1.03 bits per heavy atom. The predicted molar refractivity (Wildman–Crippen MR) is 127 cm³/mol. The first-order valence-corrected chi connectivity index (χ1v) is 11.1. The van der Waals surface area contributed by atoms with Gasteiger partial charge in [0.2, 0.25) is 5.91 Å². The molecule has 0 spiro atoms. The maximum absolute atomic E-state index is 11.9. The number of amides is 1. The maximum atomic E-state index is 11.9. The highest BCUT2D eigenvalue weighted by Gasteiger charge is 2.05. The van der Waals surface area contributed by atoms with Crippen LogP contribution >= 0.6 is 11.8 Å². The molecule has 0 atom stereocenters. The number of carbonyl (C=O) groups excluding carboxylic acids is 1. The summed E-state index contributed by atoms with van der Waals surface area (Å²) in [6, 6.07) is 21.9. The molecule has 0 aliphatic carbocycles. The molecule has 164 valence electrons. The number of nitrogens with one attached hydrogen (secondary N) is 1. The van der Waals surface area contributed by atoms with Gasteiger partial charge in [-0.2, -0.15) is 5.10 Å². The van der Waals surface area contributed by atoms with Crippen molar-refractivity contribution in [2.75, 3.05) is 5.75 Å². The van der Waals surface area contributed by atoms with E-state index >= 15 is 0 Å². The van der Waals surface area contributed by atoms with Crippen LogP contribution in [0, 0.1) is 17.0 Å². The largest absolute Gasteiger partial charge is 0.489 e. The van der Waals surface area contributed by atoms with E-state index in [0.717, 1.165) is 22.4 Å². The van der Waals surface area contributed by atoms with Crippen LogP contribution in [0.25, 0.3) is 0 Å². The lowest BCUT2D eigenvalue weighted by Crippen LogP contribution is -2.19. The highest BCUT2D eigenvalue weighted by Crippen LogP contribution is 2.17. The van der Waals surface area contributed by atoms with Gasteiger partial charge in [0.25, 0.3) is 5.69 Å². The third kappa shape index (κ3) is 7.55. The summed E-state index contributed by atoms with van der Waals surface area (Å²) in [4.78, 5) is 22.1. The summed E-state index contributed by atoms with van der Waals surface area (Å²) in [6.07, 6.45) is 1.57. The summed E-state index contributed by atoms with van der Waals surface area (Å²) in [6.45, 7) is 2.55. The van der Waals surface area contributed by atoms with Crippen LogP contribution < -0.4 is 10.2 Å². The second-order valence-electron chi connectivity index (χ2n) is 7.05. The Balaban J connectivity index is 1.36. The number of hydrogen-bond acceptors (Lipinski definition) is 6. The van der Waals surface area contributed by atoms with Gasteiger partial charge < -0.3 is 4.74 Å². The number of benzene rings is 3. The van der Waals surface area contributed by atoms with E-state index in [0.29, 0.717) is 12.4 Å². The van der Waals surface area contributed by atoms with Gasteiger partial charge in [-0.1, -0.05) is 42.0 Å². The minimum atomic E-state index is -0.436. The van der Waals surface area contributed by atoms with Gasteiger partial charge in [0, 0.05) is 17.9 Å². The lowest BCUT2D eigenvalue weighted by atomic mass is 10.2. The minimum Gasteiger partial charge on any atom is -0.489 e. The number of nitro benzene ring substituents is 1. The zero-order chi connectivity index (χ0) is 22.8. The molecule has 0 aliphatic heterocycles. The lowest BCUT2D eigenvalue weighted by Gasteiger charge is -2.07. The number of carbonyl (C=O) groups is 1. The van der Waals surface area contributed by atoms with Crippen molar-refractivity contribution in [3.63, 3.8) is 0 Å². The molecule has 1 N–H and O–H groups in total. The Morgan fingerprint density at radius 2 is 1.69 bits per heavy atom. The van der Waals surface area contributed by atoms with E-state index in [-0.39, 0.29) is 17.3 Å². The molecule has 0 saturated heterocycles. The molecule has 3 rings (SSSR count). The molecule has 7 nitrogen and oxygen atoms in total. The molecule has 0 bridgehead atoms. The molecular formula is C24H23N3O4S. The summed E-state index contributed by atoms with van der Waals surface area (Å²) in [5.74, 6) is 1.36. The van der Waals surface area contributed by atoms with Gasteiger partial charge in [0.05, 0.1) is 16.9 Å². The van der Waals surface area contributed by atoms with Gasteiger partial charge in [-0.15, -0.1) is 11.8 Å². The van der Waals surface area contributed by atoms with E-state index in [1.165, 1.54) is 29.5 Å². The molecule has 3 aromatic carbocycles. The first-order valence-electron chi connectivity index (χ1n) is 9.91. The summed E-state index contributed by atoms with van der Waals surface area (Å²) in [5.41, 5.74) is 6.63. The second kappa shape index (κ2) is 11.7. The van der Waals surface area contributed by atoms with Gasteiger partial charge in [0.15, 0.2) is 0 Å². The summed E-state index contributed by atoms with van der Waals surface area (Å²) < 4.78 is 5.78. The van der Waals surface area contributed by atoms with E-state index in [1.54, 1.807) is 18.3 Å². The third-order valence-corrected chi connectivity index (χ3v) is 5.46. The smallest absolute Gasteiger partial charge is 0.269 e. The molecule has 0 unspecified atom stereocenters. The molecule has 0 radical (unpaired) electrons. The molecule has 0 fully saturated rings. The van der Waals surface area contributed by atoms with Crippen LogP contribution in [0.4, 0.5) is 5.69 Å². The molecular weight excluding hydrogens is 426 g/mol. The first-order chi connectivity index (χ1) is 15.5. The standard InChI is InChI=1S/C24H23N3O4S/c1-18-2-4-20(5-3-18)15-31-23-12-8-19(9-13-23)14-25-26-24(28)17-32-16-21-6-10-22(11-7-21)27(29)30/h2-14H,15-17H2,1H3,(H,26,28). The van der Waals surface area contributed by atoms with Crippen LogP contribution in [0.15, 0.2) is 77.9 Å². The van der Waals surface area contributed by atoms with Crippen LogP contribution in [0.1, 0.15) is 22.3 Å². The van der Waals surface area contributed by atoms with E-state index in [1.807, 2.05) is 43.3 Å². The fourth-order valence-corrected chi connectivity index (χ4v) is 3.47. The molecule has 32 heavy (non-hydrogen) atoms. The number of rotatable bonds is 10. The summed E-state index contributed by atoms with van der Waals surface area (Å²) >= 11 is 1.41. The van der Waals surface area contributed by atoms with Gasteiger partial charge in [-0.05, 0) is 47.9 Å². The highest BCUT2D eigenvalue weighted by molar-refractivity contribution is 7.99.